The van der Waals surface area contributed by atoms with E-state index >= 15 is 0 Å². The van der Waals surface area contributed by atoms with Crippen molar-refractivity contribution in [2.45, 2.75) is 25.4 Å². The molecule has 0 atom stereocenters. The minimum atomic E-state index is -0.838. The van der Waals surface area contributed by atoms with Crippen LogP contribution in [0.2, 0.25) is 0 Å². The SMILES string of the molecule is COC(=O)C1(Oc2ccc(C)cc2)CCNCC1. The molecule has 1 heterocycles. The summed E-state index contributed by atoms with van der Waals surface area (Å²) in [6.45, 7) is 3.55. The Bertz CT molecular complexity index is 408. The largest absolute Gasteiger partial charge is 0.475 e. The van der Waals surface area contributed by atoms with Crippen molar-refractivity contribution in [3.8, 4) is 5.75 Å². The molecular formula is C14H19NO3. The number of aryl methyl sites for hydroxylation is 1. The number of benzene rings is 1. The lowest BCUT2D eigenvalue weighted by Gasteiger charge is -2.35. The third kappa shape index (κ3) is 2.64. The zero-order chi connectivity index (χ0) is 13.0. The first-order chi connectivity index (χ1) is 8.66. The van der Waals surface area contributed by atoms with Gasteiger partial charge < -0.3 is 14.8 Å². The fraction of sp³-hybridized carbons (Fsp3) is 0.500. The highest BCUT2D eigenvalue weighted by atomic mass is 16.6. The third-order valence-corrected chi connectivity index (χ3v) is 3.30. The number of hydrogen-bond donors (Lipinski definition) is 1. The van der Waals surface area contributed by atoms with E-state index in [-0.39, 0.29) is 5.97 Å². The average molecular weight is 249 g/mol. The number of hydrogen-bond acceptors (Lipinski definition) is 4. The molecule has 0 saturated carbocycles. The van der Waals surface area contributed by atoms with Crippen molar-refractivity contribution in [3.05, 3.63) is 29.8 Å². The highest BCUT2D eigenvalue weighted by Crippen LogP contribution is 2.28. The van der Waals surface area contributed by atoms with E-state index in [0.29, 0.717) is 18.6 Å². The van der Waals surface area contributed by atoms with E-state index < -0.39 is 5.60 Å². The number of piperidine rings is 1. The molecule has 1 N–H and O–H groups in total. The Labute approximate surface area is 107 Å². The molecule has 1 saturated heterocycles. The van der Waals surface area contributed by atoms with Gasteiger partial charge in [0, 0.05) is 12.8 Å². The van der Waals surface area contributed by atoms with E-state index in [1.807, 2.05) is 31.2 Å². The summed E-state index contributed by atoms with van der Waals surface area (Å²) in [7, 11) is 1.41. The van der Waals surface area contributed by atoms with Crippen molar-refractivity contribution in [2.75, 3.05) is 20.2 Å². The van der Waals surface area contributed by atoms with Gasteiger partial charge in [-0.05, 0) is 32.1 Å². The van der Waals surface area contributed by atoms with Gasteiger partial charge in [0.15, 0.2) is 0 Å². The summed E-state index contributed by atoms with van der Waals surface area (Å²) in [4.78, 5) is 12.0. The first-order valence-corrected chi connectivity index (χ1v) is 6.21. The summed E-state index contributed by atoms with van der Waals surface area (Å²) < 4.78 is 10.8. The lowest BCUT2D eigenvalue weighted by molar-refractivity contribution is -0.161. The lowest BCUT2D eigenvalue weighted by atomic mass is 9.92. The van der Waals surface area contributed by atoms with Crippen LogP contribution in [-0.4, -0.2) is 31.8 Å². The highest BCUT2D eigenvalue weighted by Gasteiger charge is 2.43. The molecule has 1 fully saturated rings. The van der Waals surface area contributed by atoms with Gasteiger partial charge in [0.05, 0.1) is 7.11 Å². The molecule has 0 bridgehead atoms. The molecule has 1 aromatic carbocycles. The van der Waals surface area contributed by atoms with Crippen LogP contribution >= 0.6 is 0 Å². The molecule has 1 aliphatic rings. The highest BCUT2D eigenvalue weighted by molar-refractivity contribution is 5.80. The maximum absolute atomic E-state index is 12.0. The van der Waals surface area contributed by atoms with Crippen molar-refractivity contribution in [1.29, 1.82) is 0 Å². The number of carbonyl (C=O) groups excluding carboxylic acids is 1. The predicted octanol–water partition coefficient (Wildman–Crippen LogP) is 1.67. The molecule has 1 aliphatic heterocycles. The molecule has 2 rings (SSSR count). The Morgan fingerprint density at radius 3 is 2.39 bits per heavy atom. The number of methoxy groups -OCH3 is 1. The van der Waals surface area contributed by atoms with Crippen molar-refractivity contribution < 1.29 is 14.3 Å². The van der Waals surface area contributed by atoms with Crippen molar-refractivity contribution in [1.82, 2.24) is 5.32 Å². The van der Waals surface area contributed by atoms with E-state index in [2.05, 4.69) is 5.32 Å². The number of carbonyl (C=O) groups is 1. The van der Waals surface area contributed by atoms with Crippen LogP contribution in [0.15, 0.2) is 24.3 Å². The summed E-state index contributed by atoms with van der Waals surface area (Å²) in [5, 5.41) is 3.23. The van der Waals surface area contributed by atoms with Gasteiger partial charge in [-0.15, -0.1) is 0 Å². The molecule has 0 aromatic heterocycles. The monoisotopic (exact) mass is 249 g/mol. The lowest BCUT2D eigenvalue weighted by Crippen LogP contribution is -2.52. The fourth-order valence-corrected chi connectivity index (χ4v) is 2.20. The predicted molar refractivity (Wildman–Crippen MR) is 68.7 cm³/mol. The maximum atomic E-state index is 12.0. The van der Waals surface area contributed by atoms with E-state index in [1.54, 1.807) is 0 Å². The standard InChI is InChI=1S/C14H19NO3/c1-11-3-5-12(6-4-11)18-14(13(16)17-2)7-9-15-10-8-14/h3-6,15H,7-10H2,1-2H3. The summed E-state index contributed by atoms with van der Waals surface area (Å²) in [6.07, 6.45) is 1.26. The number of rotatable bonds is 3. The molecule has 4 nitrogen and oxygen atoms in total. The van der Waals surface area contributed by atoms with Crippen molar-refractivity contribution >= 4 is 5.97 Å². The van der Waals surface area contributed by atoms with Gasteiger partial charge in [0.1, 0.15) is 5.75 Å². The van der Waals surface area contributed by atoms with Gasteiger partial charge in [0.2, 0.25) is 5.60 Å². The van der Waals surface area contributed by atoms with E-state index in [9.17, 15) is 4.79 Å². The van der Waals surface area contributed by atoms with Gasteiger partial charge in [-0.3, -0.25) is 0 Å². The molecule has 0 amide bonds. The molecule has 0 aliphatic carbocycles. The molecule has 0 unspecified atom stereocenters. The van der Waals surface area contributed by atoms with Crippen molar-refractivity contribution in [3.63, 3.8) is 0 Å². The van der Waals surface area contributed by atoms with E-state index in [1.165, 1.54) is 12.7 Å². The first kappa shape index (κ1) is 12.9. The maximum Gasteiger partial charge on any atom is 0.350 e. The summed E-state index contributed by atoms with van der Waals surface area (Å²) >= 11 is 0. The third-order valence-electron chi connectivity index (χ3n) is 3.30. The van der Waals surface area contributed by atoms with E-state index in [0.717, 1.165) is 13.1 Å². The van der Waals surface area contributed by atoms with Crippen LogP contribution in [0.5, 0.6) is 5.75 Å². The zero-order valence-electron chi connectivity index (χ0n) is 10.9. The van der Waals surface area contributed by atoms with E-state index in [4.69, 9.17) is 9.47 Å². The van der Waals surface area contributed by atoms with Gasteiger partial charge in [-0.25, -0.2) is 4.79 Å². The summed E-state index contributed by atoms with van der Waals surface area (Å²) in [5.41, 5.74) is 0.328. The summed E-state index contributed by atoms with van der Waals surface area (Å²) in [6, 6.07) is 7.73. The van der Waals surface area contributed by atoms with Crippen LogP contribution in [0.4, 0.5) is 0 Å². The number of esters is 1. The Morgan fingerprint density at radius 2 is 1.83 bits per heavy atom. The Kier molecular flexibility index (Phi) is 3.87. The quantitative estimate of drug-likeness (QED) is 0.828. The summed E-state index contributed by atoms with van der Waals surface area (Å²) in [5.74, 6) is 0.428. The smallest absolute Gasteiger partial charge is 0.350 e. The minimum Gasteiger partial charge on any atom is -0.475 e. The Hall–Kier alpha value is -1.55. The van der Waals surface area contributed by atoms with Crippen LogP contribution in [-0.2, 0) is 9.53 Å². The Morgan fingerprint density at radius 1 is 1.22 bits per heavy atom. The normalized spacial score (nSPS) is 18.1. The molecule has 98 valence electrons. The Balaban J connectivity index is 2.19. The molecule has 4 heteroatoms. The topological polar surface area (TPSA) is 47.6 Å². The van der Waals surface area contributed by atoms with Gasteiger partial charge >= 0.3 is 5.97 Å². The van der Waals surface area contributed by atoms with Crippen molar-refractivity contribution in [2.24, 2.45) is 0 Å². The fourth-order valence-electron chi connectivity index (χ4n) is 2.20. The van der Waals surface area contributed by atoms with Crippen LogP contribution < -0.4 is 10.1 Å². The number of nitrogens with one attached hydrogen (secondary N) is 1. The van der Waals surface area contributed by atoms with Crippen LogP contribution in [0, 0.1) is 6.92 Å². The zero-order valence-corrected chi connectivity index (χ0v) is 10.9. The molecule has 0 spiro atoms. The van der Waals surface area contributed by atoms with Crippen LogP contribution in [0.3, 0.4) is 0 Å². The number of ether oxygens (including phenoxy) is 2. The minimum absolute atomic E-state index is 0.287. The second-order valence-electron chi connectivity index (χ2n) is 4.65. The molecule has 1 aromatic rings. The van der Waals surface area contributed by atoms with Gasteiger partial charge in [0.25, 0.3) is 0 Å². The second kappa shape index (κ2) is 5.40. The molecule has 18 heavy (non-hydrogen) atoms. The van der Waals surface area contributed by atoms with Gasteiger partial charge in [-0.1, -0.05) is 17.7 Å². The molecular weight excluding hydrogens is 230 g/mol. The van der Waals surface area contributed by atoms with Crippen LogP contribution in [0.1, 0.15) is 18.4 Å². The molecule has 0 radical (unpaired) electrons. The first-order valence-electron chi connectivity index (χ1n) is 6.21. The van der Waals surface area contributed by atoms with Gasteiger partial charge in [-0.2, -0.15) is 0 Å². The average Bonchev–Trinajstić information content (AvgIpc) is 2.41. The second-order valence-corrected chi connectivity index (χ2v) is 4.65. The van der Waals surface area contributed by atoms with Crippen LogP contribution in [0.25, 0.3) is 0 Å².